The highest BCUT2D eigenvalue weighted by Crippen LogP contribution is 2.21. The van der Waals surface area contributed by atoms with E-state index in [1.54, 1.807) is 0 Å². The molecular weight excluding hydrogens is 196 g/mol. The Bertz CT molecular complexity index is 221. The van der Waals surface area contributed by atoms with Gasteiger partial charge in [-0.2, -0.15) is 0 Å². The first-order valence-electron chi connectivity index (χ1n) is 5.18. The van der Waals surface area contributed by atoms with Crippen molar-refractivity contribution in [1.82, 2.24) is 0 Å². The van der Waals surface area contributed by atoms with Crippen molar-refractivity contribution in [2.45, 2.75) is 40.0 Å². The molecular formula is C11H20O4. The number of methoxy groups -OCH3 is 1. The van der Waals surface area contributed by atoms with Crippen LogP contribution in [-0.2, 0) is 19.1 Å². The second-order valence-electron chi connectivity index (χ2n) is 4.05. The number of esters is 2. The number of rotatable bonds is 6. The van der Waals surface area contributed by atoms with Crippen LogP contribution >= 0.6 is 0 Å². The van der Waals surface area contributed by atoms with E-state index >= 15 is 0 Å². The Morgan fingerprint density at radius 3 is 2.33 bits per heavy atom. The van der Waals surface area contributed by atoms with Gasteiger partial charge >= 0.3 is 11.9 Å². The quantitative estimate of drug-likeness (QED) is 0.503. The van der Waals surface area contributed by atoms with Crippen LogP contribution in [0.25, 0.3) is 0 Å². The zero-order chi connectivity index (χ0) is 11.9. The summed E-state index contributed by atoms with van der Waals surface area (Å²) in [6.45, 7) is 5.90. The lowest BCUT2D eigenvalue weighted by Gasteiger charge is -2.20. The lowest BCUT2D eigenvalue weighted by Crippen LogP contribution is -2.26. The number of hydrogen-bond acceptors (Lipinski definition) is 4. The predicted octanol–water partition coefficient (Wildman–Crippen LogP) is 1.92. The van der Waals surface area contributed by atoms with Crippen LogP contribution in [0.5, 0.6) is 0 Å². The van der Waals surface area contributed by atoms with E-state index in [2.05, 4.69) is 4.74 Å². The fraction of sp³-hybridized carbons (Fsp3) is 0.818. The molecule has 0 fully saturated rings. The molecule has 0 radical (unpaired) electrons. The summed E-state index contributed by atoms with van der Waals surface area (Å²) in [4.78, 5) is 22.2. The molecule has 0 atom stereocenters. The summed E-state index contributed by atoms with van der Waals surface area (Å²) in [5.74, 6) is -0.490. The van der Waals surface area contributed by atoms with Crippen molar-refractivity contribution in [3.05, 3.63) is 0 Å². The minimum Gasteiger partial charge on any atom is -0.469 e. The predicted molar refractivity (Wildman–Crippen MR) is 56.3 cm³/mol. The van der Waals surface area contributed by atoms with Crippen molar-refractivity contribution in [3.8, 4) is 0 Å². The van der Waals surface area contributed by atoms with E-state index in [1.807, 2.05) is 20.8 Å². The van der Waals surface area contributed by atoms with Crippen LogP contribution in [0.1, 0.15) is 40.0 Å². The largest absolute Gasteiger partial charge is 0.469 e. The van der Waals surface area contributed by atoms with E-state index in [-0.39, 0.29) is 25.0 Å². The summed E-state index contributed by atoms with van der Waals surface area (Å²) >= 11 is 0. The SMILES string of the molecule is CCC(C)(C)C(=O)OCCCC(=O)OC. The van der Waals surface area contributed by atoms with Crippen LogP contribution in [0.3, 0.4) is 0 Å². The number of hydrogen-bond donors (Lipinski definition) is 0. The van der Waals surface area contributed by atoms with Gasteiger partial charge in [-0.1, -0.05) is 6.92 Å². The molecule has 0 aliphatic rings. The van der Waals surface area contributed by atoms with Crippen LogP contribution in [0.15, 0.2) is 0 Å². The number of carbonyl (C=O) groups is 2. The van der Waals surface area contributed by atoms with Crippen molar-refractivity contribution in [2.75, 3.05) is 13.7 Å². The van der Waals surface area contributed by atoms with Gasteiger partial charge in [0.15, 0.2) is 0 Å². The van der Waals surface area contributed by atoms with Gasteiger partial charge in [-0.15, -0.1) is 0 Å². The average Bonchev–Trinajstić information content (AvgIpc) is 2.23. The zero-order valence-electron chi connectivity index (χ0n) is 9.96. The first-order valence-corrected chi connectivity index (χ1v) is 5.18. The molecule has 4 heteroatoms. The molecule has 0 aromatic heterocycles. The molecule has 4 nitrogen and oxygen atoms in total. The minimum absolute atomic E-state index is 0.213. The molecule has 0 amide bonds. The molecule has 0 N–H and O–H groups in total. The van der Waals surface area contributed by atoms with Gasteiger partial charge in [0.05, 0.1) is 19.1 Å². The Balaban J connectivity index is 3.69. The molecule has 0 aromatic rings. The minimum atomic E-state index is -0.439. The third-order valence-corrected chi connectivity index (χ3v) is 2.42. The molecule has 0 spiro atoms. The highest BCUT2D eigenvalue weighted by atomic mass is 16.5. The van der Waals surface area contributed by atoms with E-state index < -0.39 is 5.41 Å². The molecule has 88 valence electrons. The monoisotopic (exact) mass is 216 g/mol. The van der Waals surface area contributed by atoms with E-state index in [1.165, 1.54) is 7.11 Å². The van der Waals surface area contributed by atoms with E-state index in [4.69, 9.17) is 4.74 Å². The fourth-order valence-electron chi connectivity index (χ4n) is 0.823. The van der Waals surface area contributed by atoms with Gasteiger partial charge < -0.3 is 9.47 Å². The first kappa shape index (κ1) is 13.9. The van der Waals surface area contributed by atoms with Crippen LogP contribution in [0.4, 0.5) is 0 Å². The standard InChI is InChI=1S/C11H20O4/c1-5-11(2,3)10(13)15-8-6-7-9(12)14-4/h5-8H2,1-4H3. The highest BCUT2D eigenvalue weighted by Gasteiger charge is 2.26. The average molecular weight is 216 g/mol. The lowest BCUT2D eigenvalue weighted by atomic mass is 9.91. The maximum Gasteiger partial charge on any atom is 0.311 e. The summed E-state index contributed by atoms with van der Waals surface area (Å²) in [5, 5.41) is 0. The summed E-state index contributed by atoms with van der Waals surface area (Å²) in [5.41, 5.74) is -0.439. The first-order chi connectivity index (χ1) is 6.94. The zero-order valence-corrected chi connectivity index (χ0v) is 9.96. The molecule has 0 unspecified atom stereocenters. The Hall–Kier alpha value is -1.06. The van der Waals surface area contributed by atoms with Crippen molar-refractivity contribution < 1.29 is 19.1 Å². The van der Waals surface area contributed by atoms with E-state index in [9.17, 15) is 9.59 Å². The van der Waals surface area contributed by atoms with Crippen molar-refractivity contribution in [1.29, 1.82) is 0 Å². The maximum atomic E-state index is 11.5. The fourth-order valence-corrected chi connectivity index (χ4v) is 0.823. The smallest absolute Gasteiger partial charge is 0.311 e. The van der Waals surface area contributed by atoms with E-state index in [0.29, 0.717) is 6.42 Å². The summed E-state index contributed by atoms with van der Waals surface area (Å²) < 4.78 is 9.51. The molecule has 0 aliphatic heterocycles. The number of carbonyl (C=O) groups excluding carboxylic acids is 2. The van der Waals surface area contributed by atoms with Gasteiger partial charge in [0.1, 0.15) is 0 Å². The van der Waals surface area contributed by atoms with E-state index in [0.717, 1.165) is 6.42 Å². The molecule has 0 saturated carbocycles. The Morgan fingerprint density at radius 1 is 1.27 bits per heavy atom. The highest BCUT2D eigenvalue weighted by molar-refractivity contribution is 5.75. The Morgan fingerprint density at radius 2 is 1.87 bits per heavy atom. The molecule has 15 heavy (non-hydrogen) atoms. The summed E-state index contributed by atoms with van der Waals surface area (Å²) in [6, 6.07) is 0. The Labute approximate surface area is 90.9 Å². The van der Waals surface area contributed by atoms with Gasteiger partial charge in [0.2, 0.25) is 0 Å². The molecule has 0 aromatic carbocycles. The maximum absolute atomic E-state index is 11.5. The van der Waals surface area contributed by atoms with Crippen molar-refractivity contribution in [2.24, 2.45) is 5.41 Å². The third-order valence-electron chi connectivity index (χ3n) is 2.42. The molecule has 0 aliphatic carbocycles. The second-order valence-corrected chi connectivity index (χ2v) is 4.05. The number of ether oxygens (including phenoxy) is 2. The van der Waals surface area contributed by atoms with Crippen LogP contribution < -0.4 is 0 Å². The van der Waals surface area contributed by atoms with Gasteiger partial charge in [0.25, 0.3) is 0 Å². The summed E-state index contributed by atoms with van der Waals surface area (Å²) in [6.07, 6.45) is 1.54. The van der Waals surface area contributed by atoms with Gasteiger partial charge in [0, 0.05) is 6.42 Å². The van der Waals surface area contributed by atoms with Gasteiger partial charge in [-0.25, -0.2) is 0 Å². The van der Waals surface area contributed by atoms with Gasteiger partial charge in [-0.3, -0.25) is 9.59 Å². The summed E-state index contributed by atoms with van der Waals surface area (Å²) in [7, 11) is 1.34. The van der Waals surface area contributed by atoms with Crippen LogP contribution in [-0.4, -0.2) is 25.7 Å². The van der Waals surface area contributed by atoms with Gasteiger partial charge in [-0.05, 0) is 26.7 Å². The van der Waals surface area contributed by atoms with Crippen LogP contribution in [0, 0.1) is 5.41 Å². The second kappa shape index (κ2) is 6.43. The normalized spacial score (nSPS) is 10.9. The van der Waals surface area contributed by atoms with Crippen molar-refractivity contribution >= 4 is 11.9 Å². The van der Waals surface area contributed by atoms with Crippen molar-refractivity contribution in [3.63, 3.8) is 0 Å². The molecule has 0 heterocycles. The van der Waals surface area contributed by atoms with Crippen LogP contribution in [0.2, 0.25) is 0 Å². The molecule has 0 saturated heterocycles. The lowest BCUT2D eigenvalue weighted by molar-refractivity contribution is -0.155. The molecule has 0 bridgehead atoms. The third kappa shape index (κ3) is 5.40. The Kier molecular flexibility index (Phi) is 5.97. The topological polar surface area (TPSA) is 52.6 Å². The molecule has 0 rings (SSSR count).